The average Bonchev–Trinajstić information content (AvgIpc) is 2.10. The van der Waals surface area contributed by atoms with Gasteiger partial charge in [0.25, 0.3) is 0 Å². The van der Waals surface area contributed by atoms with E-state index in [1.807, 2.05) is 6.92 Å². The largest absolute Gasteiger partial charge is 0.378 e. The zero-order chi connectivity index (χ0) is 12.2. The lowest BCUT2D eigenvalue weighted by molar-refractivity contribution is -0.123. The summed E-state index contributed by atoms with van der Waals surface area (Å²) in [7, 11) is 0. The topological polar surface area (TPSA) is 50.4 Å². The molecule has 1 amide bonds. The first-order chi connectivity index (χ1) is 7.40. The summed E-state index contributed by atoms with van der Waals surface area (Å²) in [4.78, 5) is 11.5. The first-order valence-electron chi connectivity index (χ1n) is 6.06. The standard InChI is InChI=1S/C12H24N2O2/c1-5-16-10-6-9(7-10)14-11(15)8-13-12(2,3)4/h9-10,13H,5-8H2,1-4H3,(H,14,15). The fraction of sp³-hybridized carbons (Fsp3) is 0.917. The molecule has 0 aromatic heterocycles. The maximum atomic E-state index is 11.5. The Bertz CT molecular complexity index is 230. The molecule has 0 atom stereocenters. The zero-order valence-corrected chi connectivity index (χ0v) is 10.8. The minimum absolute atomic E-state index is 0.00912. The van der Waals surface area contributed by atoms with Gasteiger partial charge in [-0.05, 0) is 40.5 Å². The van der Waals surface area contributed by atoms with Crippen LogP contribution in [0.3, 0.4) is 0 Å². The van der Waals surface area contributed by atoms with Gasteiger partial charge in [0.2, 0.25) is 5.91 Å². The van der Waals surface area contributed by atoms with E-state index in [-0.39, 0.29) is 11.4 Å². The first kappa shape index (κ1) is 13.5. The molecule has 0 aromatic rings. The van der Waals surface area contributed by atoms with E-state index in [0.717, 1.165) is 19.4 Å². The number of amides is 1. The highest BCUT2D eigenvalue weighted by Gasteiger charge is 2.30. The molecule has 0 bridgehead atoms. The first-order valence-corrected chi connectivity index (χ1v) is 6.06. The molecule has 1 aliphatic rings. The summed E-state index contributed by atoms with van der Waals surface area (Å²) in [5, 5.41) is 6.16. The number of carbonyl (C=O) groups is 1. The number of hydrogen-bond donors (Lipinski definition) is 2. The molecule has 0 unspecified atom stereocenters. The lowest BCUT2D eigenvalue weighted by Gasteiger charge is -2.35. The van der Waals surface area contributed by atoms with Crippen LogP contribution in [0.5, 0.6) is 0 Å². The molecule has 4 heteroatoms. The molecule has 0 saturated heterocycles. The van der Waals surface area contributed by atoms with Crippen LogP contribution in [0.25, 0.3) is 0 Å². The number of carbonyl (C=O) groups excluding carboxylic acids is 1. The van der Waals surface area contributed by atoms with E-state index in [0.29, 0.717) is 18.7 Å². The van der Waals surface area contributed by atoms with Gasteiger partial charge in [0, 0.05) is 18.2 Å². The van der Waals surface area contributed by atoms with Crippen molar-refractivity contribution in [3.05, 3.63) is 0 Å². The van der Waals surface area contributed by atoms with Crippen molar-refractivity contribution in [1.29, 1.82) is 0 Å². The maximum Gasteiger partial charge on any atom is 0.234 e. The van der Waals surface area contributed by atoms with Crippen molar-refractivity contribution in [3.63, 3.8) is 0 Å². The zero-order valence-electron chi connectivity index (χ0n) is 10.8. The molecular formula is C12H24N2O2. The third-order valence-electron chi connectivity index (χ3n) is 2.64. The number of ether oxygens (including phenoxy) is 1. The Morgan fingerprint density at radius 1 is 1.38 bits per heavy atom. The van der Waals surface area contributed by atoms with Gasteiger partial charge < -0.3 is 15.4 Å². The van der Waals surface area contributed by atoms with Crippen molar-refractivity contribution in [2.45, 2.75) is 58.2 Å². The second-order valence-corrected chi connectivity index (χ2v) is 5.42. The summed E-state index contributed by atoms with van der Waals surface area (Å²) in [6.07, 6.45) is 2.26. The third kappa shape index (κ3) is 4.94. The monoisotopic (exact) mass is 228 g/mol. The van der Waals surface area contributed by atoms with Gasteiger partial charge >= 0.3 is 0 Å². The van der Waals surface area contributed by atoms with Gasteiger partial charge in [-0.15, -0.1) is 0 Å². The lowest BCUT2D eigenvalue weighted by Crippen LogP contribution is -2.51. The SMILES string of the molecule is CCOC1CC(NC(=O)CNC(C)(C)C)C1. The quantitative estimate of drug-likeness (QED) is 0.739. The van der Waals surface area contributed by atoms with Gasteiger partial charge in [-0.25, -0.2) is 0 Å². The van der Waals surface area contributed by atoms with Crippen molar-refractivity contribution in [1.82, 2.24) is 10.6 Å². The van der Waals surface area contributed by atoms with Crippen LogP contribution in [0.15, 0.2) is 0 Å². The Hall–Kier alpha value is -0.610. The summed E-state index contributed by atoms with van der Waals surface area (Å²) >= 11 is 0. The van der Waals surface area contributed by atoms with Crippen molar-refractivity contribution in [2.24, 2.45) is 0 Å². The van der Waals surface area contributed by atoms with Crippen LogP contribution in [0.2, 0.25) is 0 Å². The van der Waals surface area contributed by atoms with Crippen LogP contribution in [-0.2, 0) is 9.53 Å². The molecule has 1 fully saturated rings. The van der Waals surface area contributed by atoms with Gasteiger partial charge in [0.05, 0.1) is 12.6 Å². The molecule has 0 spiro atoms. The van der Waals surface area contributed by atoms with E-state index in [1.54, 1.807) is 0 Å². The summed E-state index contributed by atoms with van der Waals surface area (Å²) in [6.45, 7) is 9.30. The van der Waals surface area contributed by atoms with E-state index >= 15 is 0 Å². The van der Waals surface area contributed by atoms with Crippen LogP contribution in [0.1, 0.15) is 40.5 Å². The Balaban J connectivity index is 2.08. The molecule has 0 radical (unpaired) electrons. The molecule has 0 aliphatic heterocycles. The molecule has 0 aromatic carbocycles. The second kappa shape index (κ2) is 5.64. The van der Waals surface area contributed by atoms with Gasteiger partial charge in [-0.2, -0.15) is 0 Å². The van der Waals surface area contributed by atoms with Crippen LogP contribution in [0, 0.1) is 0 Å². The predicted octanol–water partition coefficient (Wildman–Crippen LogP) is 1.06. The van der Waals surface area contributed by atoms with Crippen LogP contribution >= 0.6 is 0 Å². The fourth-order valence-electron chi connectivity index (χ4n) is 1.68. The highest BCUT2D eigenvalue weighted by molar-refractivity contribution is 5.78. The number of hydrogen-bond acceptors (Lipinski definition) is 3. The smallest absolute Gasteiger partial charge is 0.234 e. The normalized spacial score (nSPS) is 25.0. The van der Waals surface area contributed by atoms with Crippen LogP contribution in [-0.4, -0.2) is 36.7 Å². The van der Waals surface area contributed by atoms with Crippen LogP contribution < -0.4 is 10.6 Å². The van der Waals surface area contributed by atoms with E-state index in [4.69, 9.17) is 4.74 Å². The van der Waals surface area contributed by atoms with E-state index in [2.05, 4.69) is 31.4 Å². The molecule has 0 heterocycles. The molecule has 4 nitrogen and oxygen atoms in total. The van der Waals surface area contributed by atoms with Crippen molar-refractivity contribution >= 4 is 5.91 Å². The third-order valence-corrected chi connectivity index (χ3v) is 2.64. The molecule has 1 saturated carbocycles. The molecule has 1 aliphatic carbocycles. The Kier molecular flexibility index (Phi) is 4.74. The predicted molar refractivity (Wildman–Crippen MR) is 64.3 cm³/mol. The minimum Gasteiger partial charge on any atom is -0.378 e. The molecule has 16 heavy (non-hydrogen) atoms. The summed E-state index contributed by atoms with van der Waals surface area (Å²) in [5.74, 6) is 0.0786. The Labute approximate surface area is 98.1 Å². The van der Waals surface area contributed by atoms with Crippen molar-refractivity contribution < 1.29 is 9.53 Å². The summed E-state index contributed by atoms with van der Waals surface area (Å²) < 4.78 is 5.44. The molecule has 94 valence electrons. The molecule has 1 rings (SSSR count). The minimum atomic E-state index is -0.00912. The van der Waals surface area contributed by atoms with E-state index in [9.17, 15) is 4.79 Å². The molecular weight excluding hydrogens is 204 g/mol. The maximum absolute atomic E-state index is 11.5. The highest BCUT2D eigenvalue weighted by Crippen LogP contribution is 2.22. The van der Waals surface area contributed by atoms with Crippen molar-refractivity contribution in [3.8, 4) is 0 Å². The Morgan fingerprint density at radius 3 is 2.50 bits per heavy atom. The average molecular weight is 228 g/mol. The fourth-order valence-corrected chi connectivity index (χ4v) is 1.68. The van der Waals surface area contributed by atoms with Crippen LogP contribution in [0.4, 0.5) is 0 Å². The van der Waals surface area contributed by atoms with Gasteiger partial charge in [0.15, 0.2) is 0 Å². The molecule has 2 N–H and O–H groups in total. The summed E-state index contributed by atoms with van der Waals surface area (Å²) in [5.41, 5.74) is -0.00912. The number of rotatable bonds is 5. The summed E-state index contributed by atoms with van der Waals surface area (Å²) in [6, 6.07) is 0.311. The second-order valence-electron chi connectivity index (χ2n) is 5.42. The van der Waals surface area contributed by atoms with Gasteiger partial charge in [-0.3, -0.25) is 4.79 Å². The Morgan fingerprint density at radius 2 is 2.00 bits per heavy atom. The van der Waals surface area contributed by atoms with Crippen molar-refractivity contribution in [2.75, 3.05) is 13.2 Å². The highest BCUT2D eigenvalue weighted by atomic mass is 16.5. The van der Waals surface area contributed by atoms with E-state index in [1.165, 1.54) is 0 Å². The van der Waals surface area contributed by atoms with Gasteiger partial charge in [0.1, 0.15) is 0 Å². The van der Waals surface area contributed by atoms with E-state index < -0.39 is 0 Å². The lowest BCUT2D eigenvalue weighted by atomic mass is 9.89. The van der Waals surface area contributed by atoms with Gasteiger partial charge in [-0.1, -0.05) is 0 Å². The number of nitrogens with one attached hydrogen (secondary N) is 2.